The summed E-state index contributed by atoms with van der Waals surface area (Å²) in [7, 11) is 0. The third-order valence-corrected chi connectivity index (χ3v) is 10.4. The maximum Gasteiger partial charge on any atom is 0.248 e. The molecule has 0 unspecified atom stereocenters. The van der Waals surface area contributed by atoms with Crippen molar-refractivity contribution >= 4 is 40.3 Å². The average molecular weight is 586 g/mol. The highest BCUT2D eigenvalue weighted by Crippen LogP contribution is 2.47. The Morgan fingerprint density at radius 1 is 0.905 bits per heavy atom. The van der Waals surface area contributed by atoms with E-state index in [4.69, 9.17) is 10.7 Å². The number of pyridine rings is 1. The van der Waals surface area contributed by atoms with Crippen molar-refractivity contribution in [2.45, 2.75) is 50.5 Å². The Morgan fingerprint density at radius 2 is 1.69 bits per heavy atom. The first-order chi connectivity index (χ1) is 20.6. The Hall–Kier alpha value is -3.70. The van der Waals surface area contributed by atoms with Crippen LogP contribution in [0.5, 0.6) is 0 Å². The standard InChI is InChI=1S/C31H36FN9S/c32-24-18-21(5-6-25(24)39-15-9-22(10-16-39)38-11-1-2-12-38)34-31-36-30(33)41(37-31)27-19-23(26-4-3-17-42-26)29-28(35-27)20-7-13-40(29)14-8-20/h3-6,17-20,22H,1-2,7-16H2,(H3,33,34,36,37). The molecular formula is C31H36FN9S. The van der Waals surface area contributed by atoms with Gasteiger partial charge in [-0.25, -0.2) is 9.37 Å². The summed E-state index contributed by atoms with van der Waals surface area (Å²) in [5.41, 5.74) is 11.2. The van der Waals surface area contributed by atoms with Gasteiger partial charge in [0.05, 0.1) is 17.1 Å². The number of thiophene rings is 1. The second-order valence-electron chi connectivity index (χ2n) is 12.0. The number of benzene rings is 1. The zero-order chi connectivity index (χ0) is 28.2. The number of fused-ring (bicyclic) bond motifs is 2. The van der Waals surface area contributed by atoms with Crippen LogP contribution in [0.3, 0.4) is 0 Å². The van der Waals surface area contributed by atoms with Crippen LogP contribution in [0.15, 0.2) is 41.8 Å². The van der Waals surface area contributed by atoms with E-state index in [0.29, 0.717) is 35.1 Å². The molecule has 0 atom stereocenters. The SMILES string of the molecule is Nc1nc(Nc2ccc(N3CCC(N4CCCC4)CC3)c(F)c2)nn1-c1cc(-c2cccs2)c2c(n1)C1CCN2CC1. The third kappa shape index (κ3) is 4.59. The van der Waals surface area contributed by atoms with Crippen LogP contribution in [0.25, 0.3) is 16.3 Å². The minimum Gasteiger partial charge on any atom is -0.369 e. The fourth-order valence-corrected chi connectivity index (χ4v) is 8.10. The number of nitrogens with one attached hydrogen (secondary N) is 1. The van der Waals surface area contributed by atoms with E-state index in [1.54, 1.807) is 16.0 Å². The zero-order valence-corrected chi connectivity index (χ0v) is 24.5. The molecule has 218 valence electrons. The lowest BCUT2D eigenvalue weighted by molar-refractivity contribution is 0.207. The Labute approximate surface area is 249 Å². The highest BCUT2D eigenvalue weighted by atomic mass is 32.1. The monoisotopic (exact) mass is 585 g/mol. The smallest absolute Gasteiger partial charge is 0.248 e. The van der Waals surface area contributed by atoms with Crippen LogP contribution >= 0.6 is 11.3 Å². The number of nitrogens with zero attached hydrogens (tertiary/aromatic N) is 7. The van der Waals surface area contributed by atoms with Crippen LogP contribution < -0.4 is 20.9 Å². The van der Waals surface area contributed by atoms with Crippen LogP contribution in [-0.4, -0.2) is 70.0 Å². The van der Waals surface area contributed by atoms with Gasteiger partial charge in [0.1, 0.15) is 5.82 Å². The van der Waals surface area contributed by atoms with Crippen LogP contribution in [0, 0.1) is 5.82 Å². The molecule has 3 saturated heterocycles. The van der Waals surface area contributed by atoms with Crippen molar-refractivity contribution in [2.24, 2.45) is 0 Å². The van der Waals surface area contributed by atoms with Crippen molar-refractivity contribution in [1.82, 2.24) is 24.6 Å². The van der Waals surface area contributed by atoms with Gasteiger partial charge in [0.2, 0.25) is 11.9 Å². The largest absolute Gasteiger partial charge is 0.369 e. The van der Waals surface area contributed by atoms with Gasteiger partial charge in [-0.2, -0.15) is 9.67 Å². The first-order valence-corrected chi connectivity index (χ1v) is 16.1. The first-order valence-electron chi connectivity index (χ1n) is 15.2. The molecule has 1 aromatic carbocycles. The lowest BCUT2D eigenvalue weighted by Gasteiger charge is -2.42. The van der Waals surface area contributed by atoms with Gasteiger partial charge in [0.15, 0.2) is 5.82 Å². The molecule has 4 aromatic rings. The number of piperidine rings is 2. The molecule has 0 saturated carbocycles. The maximum absolute atomic E-state index is 15.3. The molecule has 3 N–H and O–H groups in total. The normalized spacial score (nSPS) is 19.5. The second-order valence-corrected chi connectivity index (χ2v) is 12.9. The van der Waals surface area contributed by atoms with Crippen LogP contribution in [0.4, 0.5) is 33.3 Å². The van der Waals surface area contributed by atoms with Gasteiger partial charge < -0.3 is 25.8 Å². The fraction of sp³-hybridized carbons (Fsp3) is 0.452. The number of hydrogen-bond donors (Lipinski definition) is 2. The molecule has 9 rings (SSSR count). The van der Waals surface area contributed by atoms with Crippen molar-refractivity contribution < 1.29 is 4.39 Å². The predicted octanol–water partition coefficient (Wildman–Crippen LogP) is 5.62. The van der Waals surface area contributed by atoms with Gasteiger partial charge in [-0.1, -0.05) is 6.07 Å². The molecule has 9 nitrogen and oxygen atoms in total. The summed E-state index contributed by atoms with van der Waals surface area (Å²) >= 11 is 1.73. The Kier molecular flexibility index (Phi) is 6.51. The highest BCUT2D eigenvalue weighted by molar-refractivity contribution is 7.13. The summed E-state index contributed by atoms with van der Waals surface area (Å²) in [6.07, 6.45) is 7.02. The van der Waals surface area contributed by atoms with E-state index in [2.05, 4.69) is 53.7 Å². The molecule has 2 bridgehead atoms. The second kappa shape index (κ2) is 10.5. The Bertz CT molecular complexity index is 1580. The number of rotatable bonds is 6. The molecular weight excluding hydrogens is 549 g/mol. The number of nitrogens with two attached hydrogens (primary N) is 1. The Balaban J connectivity index is 1.03. The van der Waals surface area contributed by atoms with E-state index >= 15 is 4.39 Å². The van der Waals surface area contributed by atoms with Crippen molar-refractivity contribution in [3.8, 4) is 16.3 Å². The summed E-state index contributed by atoms with van der Waals surface area (Å²) in [6.45, 7) is 6.34. The molecule has 0 spiro atoms. The van der Waals surface area contributed by atoms with E-state index in [9.17, 15) is 0 Å². The number of nitrogen functional groups attached to an aromatic ring is 1. The molecule has 0 aliphatic carbocycles. The highest BCUT2D eigenvalue weighted by Gasteiger charge is 2.35. The number of likely N-dealkylation sites (tertiary alicyclic amines) is 1. The minimum absolute atomic E-state index is 0.237. The van der Waals surface area contributed by atoms with Gasteiger partial charge >= 0.3 is 0 Å². The average Bonchev–Trinajstić information content (AvgIpc) is 3.81. The van der Waals surface area contributed by atoms with E-state index in [1.807, 2.05) is 12.1 Å². The molecule has 0 amide bonds. The first kappa shape index (κ1) is 26.0. The van der Waals surface area contributed by atoms with Crippen molar-refractivity contribution in [3.05, 3.63) is 53.3 Å². The van der Waals surface area contributed by atoms with Gasteiger partial charge in [0, 0.05) is 54.3 Å². The molecule has 8 heterocycles. The summed E-state index contributed by atoms with van der Waals surface area (Å²) in [5, 5.41) is 9.92. The summed E-state index contributed by atoms with van der Waals surface area (Å²) in [6, 6.07) is 12.2. The maximum atomic E-state index is 15.3. The molecule has 3 fully saturated rings. The van der Waals surface area contributed by atoms with E-state index < -0.39 is 0 Å². The number of anilines is 5. The van der Waals surface area contributed by atoms with E-state index in [0.717, 1.165) is 57.6 Å². The molecule has 5 aliphatic heterocycles. The topological polar surface area (TPSA) is 91.4 Å². The van der Waals surface area contributed by atoms with Crippen molar-refractivity contribution in [2.75, 3.05) is 60.1 Å². The molecule has 0 radical (unpaired) electrons. The summed E-state index contributed by atoms with van der Waals surface area (Å²) in [4.78, 5) is 18.0. The van der Waals surface area contributed by atoms with Crippen LogP contribution in [-0.2, 0) is 0 Å². The summed E-state index contributed by atoms with van der Waals surface area (Å²) in [5.74, 6) is 1.41. The molecule has 42 heavy (non-hydrogen) atoms. The lowest BCUT2D eigenvalue weighted by Crippen LogP contribution is -2.44. The van der Waals surface area contributed by atoms with Gasteiger partial charge in [0.25, 0.3) is 0 Å². The Morgan fingerprint density at radius 3 is 2.43 bits per heavy atom. The van der Waals surface area contributed by atoms with Crippen molar-refractivity contribution in [1.29, 1.82) is 0 Å². The molecule has 3 aromatic heterocycles. The number of hydrogen-bond acceptors (Lipinski definition) is 9. The molecule has 11 heteroatoms. The quantitative estimate of drug-likeness (QED) is 0.302. The third-order valence-electron chi connectivity index (χ3n) is 9.51. The molecule has 5 aliphatic rings. The van der Waals surface area contributed by atoms with Gasteiger partial charge in [-0.05, 0) is 87.3 Å². The minimum atomic E-state index is -0.242. The van der Waals surface area contributed by atoms with E-state index in [-0.39, 0.29) is 11.8 Å². The van der Waals surface area contributed by atoms with Crippen LogP contribution in [0.1, 0.15) is 50.1 Å². The van der Waals surface area contributed by atoms with Crippen molar-refractivity contribution in [3.63, 3.8) is 0 Å². The van der Waals surface area contributed by atoms with Gasteiger partial charge in [-0.15, -0.1) is 16.4 Å². The van der Waals surface area contributed by atoms with E-state index in [1.165, 1.54) is 48.1 Å². The zero-order valence-electron chi connectivity index (χ0n) is 23.7. The van der Waals surface area contributed by atoms with Crippen LogP contribution in [0.2, 0.25) is 0 Å². The summed E-state index contributed by atoms with van der Waals surface area (Å²) < 4.78 is 16.9. The number of aromatic nitrogens is 4. The fourth-order valence-electron chi connectivity index (χ4n) is 7.36. The number of halogens is 1. The van der Waals surface area contributed by atoms with Gasteiger partial charge in [-0.3, -0.25) is 0 Å². The predicted molar refractivity (Wildman–Crippen MR) is 167 cm³/mol. The lowest BCUT2D eigenvalue weighted by atomic mass is 9.85.